The number of oxime groups is 1. The number of benzene rings is 1. The number of esters is 1. The maximum atomic E-state index is 12.8. The Kier molecular flexibility index (Phi) is 6.53. The van der Waals surface area contributed by atoms with Gasteiger partial charge in [0.25, 0.3) is 5.91 Å². The van der Waals surface area contributed by atoms with Crippen LogP contribution in [-0.2, 0) is 35.6 Å². The molecule has 3 rings (SSSR count). The van der Waals surface area contributed by atoms with Gasteiger partial charge in [0.05, 0.1) is 17.0 Å². The van der Waals surface area contributed by atoms with Crippen molar-refractivity contribution in [1.29, 1.82) is 0 Å². The molecule has 1 amide bonds. The lowest BCUT2D eigenvalue weighted by molar-refractivity contribution is -0.155. The third-order valence-corrected chi connectivity index (χ3v) is 7.06. The number of allylic oxidation sites excluding steroid dienone is 1. The Morgan fingerprint density at radius 2 is 1.97 bits per heavy atom. The number of ether oxygens (including phenoxy) is 1. The molecule has 32 heavy (non-hydrogen) atoms. The smallest absolute Gasteiger partial charge is 0.355 e. The van der Waals surface area contributed by atoms with Crippen molar-refractivity contribution in [2.24, 2.45) is 5.16 Å². The first-order valence-electron chi connectivity index (χ1n) is 9.91. The number of hydrogen-bond donors (Lipinski definition) is 0. The molecule has 1 saturated heterocycles. The fraction of sp³-hybridized carbons (Fsp3) is 0.409. The number of nitrogens with zero attached hydrogens (tertiary/aromatic N) is 2. The third kappa shape index (κ3) is 4.88. The Labute approximate surface area is 192 Å². The molecule has 0 N–H and O–H groups in total. The topological polar surface area (TPSA) is 102 Å². The molecule has 0 aliphatic carbocycles. The van der Waals surface area contributed by atoms with Gasteiger partial charge in [-0.25, -0.2) is 13.2 Å². The minimum Gasteiger partial charge on any atom is -0.455 e. The molecule has 0 radical (unpaired) electrons. The number of amides is 1. The van der Waals surface area contributed by atoms with Crippen LogP contribution in [-0.4, -0.2) is 47.6 Å². The molecule has 1 unspecified atom stereocenters. The summed E-state index contributed by atoms with van der Waals surface area (Å²) < 4.78 is 30.9. The van der Waals surface area contributed by atoms with Crippen LogP contribution in [0.3, 0.4) is 0 Å². The zero-order chi connectivity index (χ0) is 23.8. The number of fused-ring (bicyclic) bond motifs is 1. The Morgan fingerprint density at radius 1 is 1.31 bits per heavy atom. The fourth-order valence-electron chi connectivity index (χ4n) is 3.45. The lowest BCUT2D eigenvalue weighted by atomic mass is 10.0. The van der Waals surface area contributed by atoms with Crippen molar-refractivity contribution in [3.05, 3.63) is 57.8 Å². The van der Waals surface area contributed by atoms with Gasteiger partial charge in [-0.05, 0) is 52.3 Å². The van der Waals surface area contributed by atoms with Gasteiger partial charge in [-0.15, -0.1) is 0 Å². The van der Waals surface area contributed by atoms with E-state index in [2.05, 4.69) is 5.16 Å². The highest BCUT2D eigenvalue weighted by atomic mass is 35.5. The van der Waals surface area contributed by atoms with E-state index in [9.17, 15) is 18.0 Å². The zero-order valence-corrected chi connectivity index (χ0v) is 20.1. The highest BCUT2D eigenvalue weighted by molar-refractivity contribution is 7.92. The number of carbonyl (C=O) groups excluding carboxylic acids is 2. The van der Waals surface area contributed by atoms with E-state index in [1.165, 1.54) is 13.0 Å². The standard InChI is InChI=1S/C22H25ClN2O6S/c1-13-12-32(28,29)20-16(19(26)25(20)18(13)21(27)31-22(3,4)5)10-14(2)24-30-11-15-8-6-7-9-17(15)23/h6-10,20H,11-12H2,1-5H3/b16-10-,24-14-. The average molecular weight is 481 g/mol. The number of β-lactam (4-membered cyclic amide) rings is 1. The molecule has 1 aromatic rings. The van der Waals surface area contributed by atoms with Crippen molar-refractivity contribution < 1.29 is 27.6 Å². The van der Waals surface area contributed by atoms with E-state index in [1.807, 2.05) is 6.07 Å². The van der Waals surface area contributed by atoms with Crippen LogP contribution in [0.2, 0.25) is 5.02 Å². The fourth-order valence-corrected chi connectivity index (χ4v) is 5.62. The summed E-state index contributed by atoms with van der Waals surface area (Å²) in [5, 5.41) is 3.21. The normalized spacial score (nSPS) is 21.9. The first kappa shape index (κ1) is 24.0. The van der Waals surface area contributed by atoms with E-state index in [0.717, 1.165) is 10.5 Å². The van der Waals surface area contributed by atoms with Gasteiger partial charge in [0.15, 0.2) is 15.2 Å². The lowest BCUT2D eigenvalue weighted by Crippen LogP contribution is -2.62. The summed E-state index contributed by atoms with van der Waals surface area (Å²) in [6, 6.07) is 7.13. The first-order chi connectivity index (χ1) is 14.8. The summed E-state index contributed by atoms with van der Waals surface area (Å²) in [6.45, 7) is 8.31. The second kappa shape index (κ2) is 8.71. The highest BCUT2D eigenvalue weighted by Gasteiger charge is 2.56. The Bertz CT molecular complexity index is 1160. The monoisotopic (exact) mass is 480 g/mol. The Morgan fingerprint density at radius 3 is 2.59 bits per heavy atom. The molecule has 172 valence electrons. The minimum atomic E-state index is -3.72. The third-order valence-electron chi connectivity index (χ3n) is 4.71. The van der Waals surface area contributed by atoms with E-state index < -0.39 is 32.7 Å². The zero-order valence-electron chi connectivity index (χ0n) is 18.5. The summed E-state index contributed by atoms with van der Waals surface area (Å²) >= 11 is 6.07. The molecule has 2 aliphatic rings. The van der Waals surface area contributed by atoms with E-state index in [1.54, 1.807) is 45.9 Å². The molecule has 2 heterocycles. The lowest BCUT2D eigenvalue weighted by Gasteiger charge is -2.45. The summed E-state index contributed by atoms with van der Waals surface area (Å²) in [4.78, 5) is 31.8. The Balaban J connectivity index is 1.82. The van der Waals surface area contributed by atoms with Crippen LogP contribution in [0.25, 0.3) is 0 Å². The number of carbonyl (C=O) groups is 2. The van der Waals surface area contributed by atoms with Crippen molar-refractivity contribution in [1.82, 2.24) is 4.90 Å². The van der Waals surface area contributed by atoms with E-state index in [4.69, 9.17) is 21.2 Å². The van der Waals surface area contributed by atoms with Crippen LogP contribution in [0.5, 0.6) is 0 Å². The van der Waals surface area contributed by atoms with E-state index >= 15 is 0 Å². The van der Waals surface area contributed by atoms with Gasteiger partial charge in [0.2, 0.25) is 0 Å². The predicted octanol–water partition coefficient (Wildman–Crippen LogP) is 3.37. The molecule has 10 heteroatoms. The van der Waals surface area contributed by atoms with Gasteiger partial charge in [0, 0.05) is 10.6 Å². The average Bonchev–Trinajstić information content (AvgIpc) is 2.65. The number of halogens is 1. The summed E-state index contributed by atoms with van der Waals surface area (Å²) in [5.74, 6) is -1.65. The molecule has 0 aromatic heterocycles. The number of sulfone groups is 1. The van der Waals surface area contributed by atoms with Crippen LogP contribution < -0.4 is 0 Å². The van der Waals surface area contributed by atoms with Crippen LogP contribution in [0.1, 0.15) is 40.2 Å². The largest absolute Gasteiger partial charge is 0.455 e. The van der Waals surface area contributed by atoms with Crippen molar-refractivity contribution >= 4 is 39.0 Å². The maximum absolute atomic E-state index is 12.8. The quantitative estimate of drug-likeness (QED) is 0.210. The van der Waals surface area contributed by atoms with Crippen molar-refractivity contribution in [2.45, 2.75) is 52.2 Å². The molecule has 1 fully saturated rings. The molecule has 0 spiro atoms. The second-order valence-electron chi connectivity index (χ2n) is 8.66. The summed E-state index contributed by atoms with van der Waals surface area (Å²) in [6.07, 6.45) is 1.36. The summed E-state index contributed by atoms with van der Waals surface area (Å²) in [7, 11) is -3.72. The van der Waals surface area contributed by atoms with Gasteiger partial charge in [-0.1, -0.05) is 35.0 Å². The van der Waals surface area contributed by atoms with Crippen LogP contribution in [0.15, 0.2) is 52.3 Å². The molecule has 0 bridgehead atoms. The number of rotatable bonds is 5. The predicted molar refractivity (Wildman–Crippen MR) is 120 cm³/mol. The second-order valence-corrected chi connectivity index (χ2v) is 11.1. The Hall–Kier alpha value is -2.65. The van der Waals surface area contributed by atoms with Gasteiger partial charge in [0.1, 0.15) is 17.9 Å². The molecule has 8 nitrogen and oxygen atoms in total. The van der Waals surface area contributed by atoms with Gasteiger partial charge < -0.3 is 9.57 Å². The van der Waals surface area contributed by atoms with Crippen LogP contribution >= 0.6 is 11.6 Å². The van der Waals surface area contributed by atoms with Crippen LogP contribution in [0.4, 0.5) is 0 Å². The van der Waals surface area contributed by atoms with E-state index in [-0.39, 0.29) is 29.2 Å². The molecular formula is C22H25ClN2O6S. The SMILES string of the molecule is CC1=C(C(=O)OC(C)(C)C)N2C(=O)/C(=C/C(C)=N\OCc3ccccc3Cl)C2S(=O)(=O)C1. The van der Waals surface area contributed by atoms with Gasteiger partial charge in [-0.2, -0.15) is 0 Å². The maximum Gasteiger partial charge on any atom is 0.355 e. The molecule has 1 atom stereocenters. The van der Waals surface area contributed by atoms with Gasteiger partial charge in [-0.3, -0.25) is 9.69 Å². The van der Waals surface area contributed by atoms with Crippen molar-refractivity contribution in [3.8, 4) is 0 Å². The number of hydrogen-bond acceptors (Lipinski definition) is 7. The van der Waals surface area contributed by atoms with Crippen molar-refractivity contribution in [2.75, 3.05) is 5.75 Å². The minimum absolute atomic E-state index is 0.0218. The molecule has 2 aliphatic heterocycles. The molecule has 1 aromatic carbocycles. The van der Waals surface area contributed by atoms with Crippen molar-refractivity contribution in [3.63, 3.8) is 0 Å². The summed E-state index contributed by atoms with van der Waals surface area (Å²) in [5.41, 5.74) is 0.538. The first-order valence-corrected chi connectivity index (χ1v) is 12.0. The highest BCUT2D eigenvalue weighted by Crippen LogP contribution is 2.40. The van der Waals surface area contributed by atoms with Gasteiger partial charge >= 0.3 is 5.97 Å². The molecule has 0 saturated carbocycles. The van der Waals surface area contributed by atoms with E-state index in [0.29, 0.717) is 10.7 Å². The molecular weight excluding hydrogens is 456 g/mol. The van der Waals surface area contributed by atoms with Crippen LogP contribution in [0, 0.1) is 0 Å².